The van der Waals surface area contributed by atoms with Crippen molar-refractivity contribution in [2.24, 2.45) is 5.92 Å². The number of para-hydroxylation sites is 1. The van der Waals surface area contributed by atoms with Crippen LogP contribution in [0.15, 0.2) is 30.5 Å². The van der Waals surface area contributed by atoms with Gasteiger partial charge in [0.25, 0.3) is 0 Å². The van der Waals surface area contributed by atoms with E-state index in [9.17, 15) is 9.59 Å². The molecular formula is C19H23N3O2. The van der Waals surface area contributed by atoms with Gasteiger partial charge in [0.2, 0.25) is 5.91 Å². The summed E-state index contributed by atoms with van der Waals surface area (Å²) >= 11 is 0. The molecule has 5 nitrogen and oxygen atoms in total. The van der Waals surface area contributed by atoms with E-state index in [1.54, 1.807) is 0 Å². The fourth-order valence-electron chi connectivity index (χ4n) is 3.58. The minimum Gasteiger partial charge on any atom is -0.360 e. The predicted molar refractivity (Wildman–Crippen MR) is 93.0 cm³/mol. The lowest BCUT2D eigenvalue weighted by atomic mass is 10.0. The summed E-state index contributed by atoms with van der Waals surface area (Å²) < 4.78 is 0. The maximum absolute atomic E-state index is 12.9. The third-order valence-corrected chi connectivity index (χ3v) is 5.33. The summed E-state index contributed by atoms with van der Waals surface area (Å²) in [7, 11) is 0. The van der Waals surface area contributed by atoms with Gasteiger partial charge < -0.3 is 9.88 Å². The van der Waals surface area contributed by atoms with Crippen LogP contribution in [0.5, 0.6) is 0 Å². The minimum atomic E-state index is -0.164. The van der Waals surface area contributed by atoms with E-state index in [-0.39, 0.29) is 17.7 Å². The van der Waals surface area contributed by atoms with E-state index < -0.39 is 0 Å². The lowest BCUT2D eigenvalue weighted by Gasteiger charge is -2.37. The van der Waals surface area contributed by atoms with E-state index in [0.717, 1.165) is 55.5 Å². The number of nitrogens with zero attached hydrogens (tertiary/aromatic N) is 2. The Kier molecular flexibility index (Phi) is 3.88. The third kappa shape index (κ3) is 2.73. The molecule has 1 saturated carbocycles. The molecule has 1 aliphatic carbocycles. The van der Waals surface area contributed by atoms with Crippen LogP contribution in [0, 0.1) is 5.92 Å². The molecule has 0 unspecified atom stereocenters. The Balaban J connectivity index is 1.43. The Morgan fingerprint density at radius 2 is 1.83 bits per heavy atom. The number of H-pyrrole nitrogens is 1. The van der Waals surface area contributed by atoms with Crippen LogP contribution >= 0.6 is 0 Å². The van der Waals surface area contributed by atoms with Crippen LogP contribution in [-0.4, -0.2) is 58.7 Å². The van der Waals surface area contributed by atoms with E-state index in [4.69, 9.17) is 0 Å². The van der Waals surface area contributed by atoms with Gasteiger partial charge in [0.05, 0.1) is 6.04 Å². The van der Waals surface area contributed by atoms with Gasteiger partial charge >= 0.3 is 0 Å². The highest BCUT2D eigenvalue weighted by atomic mass is 16.2. The van der Waals surface area contributed by atoms with E-state index in [1.807, 2.05) is 42.3 Å². The van der Waals surface area contributed by atoms with Crippen LogP contribution < -0.4 is 0 Å². The Bertz CT molecular complexity index is 770. The molecule has 5 heteroatoms. The zero-order valence-electron chi connectivity index (χ0n) is 14.0. The third-order valence-electron chi connectivity index (χ3n) is 5.33. The quantitative estimate of drug-likeness (QED) is 0.878. The van der Waals surface area contributed by atoms with Crippen LogP contribution in [0.2, 0.25) is 0 Å². The van der Waals surface area contributed by atoms with Crippen LogP contribution in [0.3, 0.4) is 0 Å². The van der Waals surface area contributed by atoms with Crippen molar-refractivity contribution < 1.29 is 9.59 Å². The molecule has 0 spiro atoms. The van der Waals surface area contributed by atoms with E-state index in [2.05, 4.69) is 9.88 Å². The maximum Gasteiger partial charge on any atom is 0.225 e. The highest BCUT2D eigenvalue weighted by Gasteiger charge is 2.35. The van der Waals surface area contributed by atoms with Gasteiger partial charge in [-0.25, -0.2) is 0 Å². The van der Waals surface area contributed by atoms with Gasteiger partial charge in [-0.15, -0.1) is 0 Å². The summed E-state index contributed by atoms with van der Waals surface area (Å²) in [4.78, 5) is 32.4. The highest BCUT2D eigenvalue weighted by molar-refractivity contribution is 6.10. The van der Waals surface area contributed by atoms with Gasteiger partial charge in [-0.1, -0.05) is 18.2 Å². The second kappa shape index (κ2) is 6.06. The molecule has 1 aromatic carbocycles. The van der Waals surface area contributed by atoms with Crippen molar-refractivity contribution in [3.63, 3.8) is 0 Å². The first-order valence-corrected chi connectivity index (χ1v) is 8.78. The summed E-state index contributed by atoms with van der Waals surface area (Å²) in [5.74, 6) is 0.738. The first kappa shape index (κ1) is 15.4. The number of rotatable bonds is 4. The number of hydrogen-bond donors (Lipinski definition) is 1. The molecule has 1 aliphatic heterocycles. The van der Waals surface area contributed by atoms with Crippen molar-refractivity contribution in [2.45, 2.75) is 25.8 Å². The Morgan fingerprint density at radius 1 is 1.12 bits per heavy atom. The van der Waals surface area contributed by atoms with Crippen molar-refractivity contribution in [3.8, 4) is 0 Å². The summed E-state index contributed by atoms with van der Waals surface area (Å²) in [6.45, 7) is 4.99. The van der Waals surface area contributed by atoms with Crippen LogP contribution in [0.1, 0.15) is 30.1 Å². The molecule has 0 radical (unpaired) electrons. The molecular weight excluding hydrogens is 302 g/mol. The number of Topliss-reactive ketones (excluding diaryl/α,β-unsaturated/α-hetero) is 1. The highest BCUT2D eigenvalue weighted by Crippen LogP contribution is 2.31. The lowest BCUT2D eigenvalue weighted by molar-refractivity contribution is -0.134. The van der Waals surface area contributed by atoms with Gasteiger partial charge in [-0.05, 0) is 25.8 Å². The standard InChI is InChI=1S/C19H23N3O2/c1-13(18(23)16-12-20-17-5-3-2-4-15(16)17)21-8-10-22(11-9-21)19(24)14-6-7-14/h2-5,12-14,20H,6-11H2,1H3/t13-/m1/s1. The van der Waals surface area contributed by atoms with Crippen LogP contribution in [0.25, 0.3) is 10.9 Å². The first-order valence-electron chi connectivity index (χ1n) is 8.78. The average Bonchev–Trinajstić information content (AvgIpc) is 3.39. The fraction of sp³-hybridized carbons (Fsp3) is 0.474. The normalized spacial score (nSPS) is 20.3. The second-order valence-corrected chi connectivity index (χ2v) is 6.92. The van der Waals surface area contributed by atoms with Gasteiger partial charge in [0.1, 0.15) is 0 Å². The minimum absolute atomic E-state index is 0.148. The summed E-state index contributed by atoms with van der Waals surface area (Å²) in [6, 6.07) is 7.73. The summed E-state index contributed by atoms with van der Waals surface area (Å²) in [5.41, 5.74) is 1.75. The van der Waals surface area contributed by atoms with Gasteiger partial charge in [0.15, 0.2) is 5.78 Å². The van der Waals surface area contributed by atoms with Gasteiger partial charge in [-0.2, -0.15) is 0 Å². The Morgan fingerprint density at radius 3 is 2.54 bits per heavy atom. The van der Waals surface area contributed by atoms with Crippen molar-refractivity contribution in [1.82, 2.24) is 14.8 Å². The number of carbonyl (C=O) groups is 2. The molecule has 24 heavy (non-hydrogen) atoms. The number of benzene rings is 1. The molecule has 1 amide bonds. The zero-order valence-corrected chi connectivity index (χ0v) is 14.0. The molecule has 0 bridgehead atoms. The van der Waals surface area contributed by atoms with Crippen molar-refractivity contribution in [1.29, 1.82) is 0 Å². The monoisotopic (exact) mass is 325 g/mol. The van der Waals surface area contributed by atoms with Crippen molar-refractivity contribution in [2.75, 3.05) is 26.2 Å². The lowest BCUT2D eigenvalue weighted by Crippen LogP contribution is -2.53. The van der Waals surface area contributed by atoms with Gasteiger partial charge in [0, 0.05) is 54.8 Å². The smallest absolute Gasteiger partial charge is 0.225 e. The topological polar surface area (TPSA) is 56.4 Å². The summed E-state index contributed by atoms with van der Waals surface area (Å²) in [6.07, 6.45) is 3.92. The maximum atomic E-state index is 12.9. The first-order chi connectivity index (χ1) is 11.6. The molecule has 1 aromatic heterocycles. The fourth-order valence-corrected chi connectivity index (χ4v) is 3.58. The molecule has 2 aromatic rings. The number of ketones is 1. The number of nitrogens with one attached hydrogen (secondary N) is 1. The SMILES string of the molecule is C[C@H](C(=O)c1c[nH]c2ccccc12)N1CCN(C(=O)C2CC2)CC1. The van der Waals surface area contributed by atoms with Crippen molar-refractivity contribution in [3.05, 3.63) is 36.0 Å². The number of fused-ring (bicyclic) bond motifs is 1. The molecule has 1 saturated heterocycles. The zero-order chi connectivity index (χ0) is 16.7. The Labute approximate surface area is 141 Å². The molecule has 4 rings (SSSR count). The Hall–Kier alpha value is -2.14. The second-order valence-electron chi connectivity index (χ2n) is 6.92. The molecule has 2 fully saturated rings. The van der Waals surface area contributed by atoms with Gasteiger partial charge in [-0.3, -0.25) is 14.5 Å². The number of amides is 1. The van der Waals surface area contributed by atoms with Crippen LogP contribution in [0.4, 0.5) is 0 Å². The predicted octanol–water partition coefficient (Wildman–Crippen LogP) is 2.29. The van der Waals surface area contributed by atoms with Crippen molar-refractivity contribution >= 4 is 22.6 Å². The molecule has 2 heterocycles. The van der Waals surface area contributed by atoms with E-state index >= 15 is 0 Å². The number of piperazine rings is 1. The van der Waals surface area contributed by atoms with E-state index in [0.29, 0.717) is 5.91 Å². The molecule has 1 atom stereocenters. The number of aromatic amines is 1. The molecule has 2 aliphatic rings. The average molecular weight is 325 g/mol. The number of aromatic nitrogens is 1. The van der Waals surface area contributed by atoms with E-state index in [1.165, 1.54) is 0 Å². The van der Waals surface area contributed by atoms with Crippen LogP contribution in [-0.2, 0) is 4.79 Å². The largest absolute Gasteiger partial charge is 0.360 e. The number of hydrogen-bond acceptors (Lipinski definition) is 3. The summed E-state index contributed by atoms with van der Waals surface area (Å²) in [5, 5.41) is 0.983. The number of carbonyl (C=O) groups excluding carboxylic acids is 2. The molecule has 126 valence electrons. The molecule has 1 N–H and O–H groups in total.